The predicted molar refractivity (Wildman–Crippen MR) is 157 cm³/mol. The summed E-state index contributed by atoms with van der Waals surface area (Å²) in [6.45, 7) is 0. The van der Waals surface area contributed by atoms with Crippen LogP contribution in [0.4, 0.5) is 0 Å². The standard InChI is InChI=1S/C34H18BrN/c35-28-15-8-21-5-12-25-23(10-3-20-6-14-27(28)33(21)32(20)25)22-7-11-24-26-13-4-18-1-2-19-9-16-29(34(26)31(18)19)36-30(24)17-22/h1-17,22H. The van der Waals surface area contributed by atoms with E-state index in [4.69, 9.17) is 4.98 Å². The van der Waals surface area contributed by atoms with Gasteiger partial charge in [-0.05, 0) is 77.3 Å². The highest BCUT2D eigenvalue weighted by Crippen LogP contribution is 2.41. The zero-order chi connectivity index (χ0) is 23.5. The summed E-state index contributed by atoms with van der Waals surface area (Å²) < 4.78 is 1.15. The van der Waals surface area contributed by atoms with E-state index in [1.807, 2.05) is 0 Å². The van der Waals surface area contributed by atoms with E-state index in [1.165, 1.54) is 70.0 Å². The van der Waals surface area contributed by atoms with Gasteiger partial charge in [0.2, 0.25) is 0 Å². The molecular formula is C34H18BrN. The Morgan fingerprint density at radius 1 is 0.611 bits per heavy atom. The lowest BCUT2D eigenvalue weighted by atomic mass is 9.85. The molecule has 2 aliphatic carbocycles. The highest BCUT2D eigenvalue weighted by molar-refractivity contribution is 9.10. The SMILES string of the molecule is Brc1ccc2ccc3c(C4C=Cc5c(nc6ccc7c8c(ccc5c68)=CC=7)=C4)ccc4ccc1c2c43. The molecule has 36 heavy (non-hydrogen) atoms. The Kier molecular flexibility index (Phi) is 3.52. The number of aromatic nitrogens is 1. The zero-order valence-corrected chi connectivity index (χ0v) is 20.8. The number of hydrogen-bond donors (Lipinski definition) is 0. The molecule has 0 N–H and O–H groups in total. The molecule has 1 nitrogen and oxygen atoms in total. The van der Waals surface area contributed by atoms with Crippen molar-refractivity contribution in [2.45, 2.75) is 5.92 Å². The van der Waals surface area contributed by atoms with Gasteiger partial charge in [0, 0.05) is 21.3 Å². The smallest absolute Gasteiger partial charge is 0.0722 e. The molecule has 0 saturated carbocycles. The van der Waals surface area contributed by atoms with Crippen LogP contribution in [0.3, 0.4) is 0 Å². The molecule has 7 aromatic rings. The molecule has 1 heterocycles. The fourth-order valence-corrected chi connectivity index (χ4v) is 7.10. The van der Waals surface area contributed by atoms with Crippen molar-refractivity contribution in [3.8, 4) is 0 Å². The summed E-state index contributed by atoms with van der Waals surface area (Å²) in [5.41, 5.74) is 3.65. The van der Waals surface area contributed by atoms with Gasteiger partial charge in [0.05, 0.1) is 10.9 Å². The van der Waals surface area contributed by atoms with Gasteiger partial charge < -0.3 is 0 Å². The number of nitrogens with zero attached hydrogens (tertiary/aromatic N) is 1. The predicted octanol–water partition coefficient (Wildman–Crippen LogP) is 6.93. The average Bonchev–Trinajstić information content (AvgIpc) is 3.35. The molecule has 9 rings (SSSR count). The van der Waals surface area contributed by atoms with Crippen LogP contribution in [0.25, 0.3) is 78.3 Å². The Balaban J connectivity index is 1.33. The van der Waals surface area contributed by atoms with E-state index >= 15 is 0 Å². The van der Waals surface area contributed by atoms with Gasteiger partial charge in [-0.1, -0.05) is 101 Å². The topological polar surface area (TPSA) is 12.9 Å². The molecule has 1 unspecified atom stereocenters. The third kappa shape index (κ3) is 2.33. The van der Waals surface area contributed by atoms with Gasteiger partial charge in [0.15, 0.2) is 0 Å². The van der Waals surface area contributed by atoms with E-state index in [-0.39, 0.29) is 5.92 Å². The van der Waals surface area contributed by atoms with E-state index in [0.717, 1.165) is 15.3 Å². The normalized spacial score (nSPS) is 16.2. The molecule has 0 amide bonds. The van der Waals surface area contributed by atoms with Crippen LogP contribution in [0.5, 0.6) is 0 Å². The first-order chi connectivity index (χ1) is 17.7. The summed E-state index contributed by atoms with van der Waals surface area (Å²) in [6.07, 6.45) is 11.4. The molecule has 1 atom stereocenters. The summed E-state index contributed by atoms with van der Waals surface area (Å²) in [4.78, 5) is 5.18. The van der Waals surface area contributed by atoms with Crippen molar-refractivity contribution in [1.82, 2.24) is 4.98 Å². The van der Waals surface area contributed by atoms with Gasteiger partial charge in [-0.15, -0.1) is 0 Å². The van der Waals surface area contributed by atoms with Gasteiger partial charge in [0.25, 0.3) is 0 Å². The Bertz CT molecular complexity index is 2310. The van der Waals surface area contributed by atoms with Crippen molar-refractivity contribution >= 4 is 94.2 Å². The van der Waals surface area contributed by atoms with Crippen molar-refractivity contribution < 1.29 is 0 Å². The van der Waals surface area contributed by atoms with Gasteiger partial charge >= 0.3 is 0 Å². The molecule has 0 spiro atoms. The van der Waals surface area contributed by atoms with E-state index in [2.05, 4.69) is 119 Å². The molecule has 6 aromatic carbocycles. The Hall–Kier alpha value is -4.01. The molecule has 2 aliphatic rings. The highest BCUT2D eigenvalue weighted by atomic mass is 79.9. The number of benzene rings is 6. The fraction of sp³-hybridized carbons (Fsp3) is 0.0294. The lowest BCUT2D eigenvalue weighted by Gasteiger charge is -2.19. The van der Waals surface area contributed by atoms with Gasteiger partial charge in [0.1, 0.15) is 0 Å². The lowest BCUT2D eigenvalue weighted by molar-refractivity contribution is 1.13. The zero-order valence-electron chi connectivity index (χ0n) is 19.2. The molecule has 0 saturated heterocycles. The molecule has 166 valence electrons. The first-order valence-electron chi connectivity index (χ1n) is 12.4. The van der Waals surface area contributed by atoms with Gasteiger partial charge in [-0.2, -0.15) is 0 Å². The van der Waals surface area contributed by atoms with Gasteiger partial charge in [-0.3, -0.25) is 0 Å². The second kappa shape index (κ2) is 6.60. The van der Waals surface area contributed by atoms with E-state index < -0.39 is 0 Å². The maximum Gasteiger partial charge on any atom is 0.0722 e. The maximum absolute atomic E-state index is 5.18. The quantitative estimate of drug-likeness (QED) is 0.214. The largest absolute Gasteiger partial charge is 0.248 e. The molecule has 0 bridgehead atoms. The fourth-order valence-electron chi connectivity index (χ4n) is 6.63. The van der Waals surface area contributed by atoms with Crippen LogP contribution in [0.1, 0.15) is 17.0 Å². The number of hydrogen-bond acceptors (Lipinski definition) is 1. The summed E-state index contributed by atoms with van der Waals surface area (Å²) in [6, 6.07) is 26.9. The average molecular weight is 520 g/mol. The summed E-state index contributed by atoms with van der Waals surface area (Å²) in [5.74, 6) is 0.174. The summed E-state index contributed by atoms with van der Waals surface area (Å²) in [7, 11) is 0. The molecule has 0 fully saturated rings. The van der Waals surface area contributed by atoms with Crippen LogP contribution in [0.15, 0.2) is 83.3 Å². The molecule has 0 radical (unpaired) electrons. The number of fused-ring (bicyclic) bond motifs is 2. The molecule has 1 aromatic heterocycles. The van der Waals surface area contributed by atoms with Crippen LogP contribution >= 0.6 is 15.9 Å². The third-order valence-electron chi connectivity index (χ3n) is 8.26. The second-order valence-electron chi connectivity index (χ2n) is 10.0. The summed E-state index contributed by atoms with van der Waals surface area (Å²) in [5, 5.41) is 15.5. The maximum atomic E-state index is 5.18. The van der Waals surface area contributed by atoms with Crippen LogP contribution in [0.2, 0.25) is 0 Å². The van der Waals surface area contributed by atoms with E-state index in [1.54, 1.807) is 0 Å². The monoisotopic (exact) mass is 519 g/mol. The van der Waals surface area contributed by atoms with Crippen LogP contribution in [-0.2, 0) is 0 Å². The number of pyridine rings is 1. The molecule has 2 heteroatoms. The van der Waals surface area contributed by atoms with Crippen molar-refractivity contribution in [2.75, 3.05) is 0 Å². The third-order valence-corrected chi connectivity index (χ3v) is 8.96. The van der Waals surface area contributed by atoms with Crippen molar-refractivity contribution in [1.29, 1.82) is 0 Å². The van der Waals surface area contributed by atoms with Crippen molar-refractivity contribution in [3.05, 3.63) is 110 Å². The first kappa shape index (κ1) is 19.2. The van der Waals surface area contributed by atoms with Crippen LogP contribution in [-0.4, -0.2) is 4.98 Å². The van der Waals surface area contributed by atoms with Gasteiger partial charge in [-0.25, -0.2) is 4.98 Å². The Morgan fingerprint density at radius 2 is 1.31 bits per heavy atom. The molecular weight excluding hydrogens is 502 g/mol. The minimum absolute atomic E-state index is 0.174. The Labute approximate surface area is 214 Å². The first-order valence-corrected chi connectivity index (χ1v) is 13.2. The lowest BCUT2D eigenvalue weighted by Crippen LogP contribution is -2.19. The summed E-state index contributed by atoms with van der Waals surface area (Å²) >= 11 is 3.77. The van der Waals surface area contributed by atoms with Crippen LogP contribution in [0, 0.1) is 0 Å². The molecule has 0 aliphatic heterocycles. The minimum Gasteiger partial charge on any atom is -0.248 e. The number of halogens is 1. The highest BCUT2D eigenvalue weighted by Gasteiger charge is 2.19. The van der Waals surface area contributed by atoms with E-state index in [9.17, 15) is 0 Å². The van der Waals surface area contributed by atoms with Crippen molar-refractivity contribution in [2.24, 2.45) is 0 Å². The van der Waals surface area contributed by atoms with Crippen molar-refractivity contribution in [3.63, 3.8) is 0 Å². The Morgan fingerprint density at radius 3 is 2.17 bits per heavy atom. The van der Waals surface area contributed by atoms with Crippen LogP contribution < -0.4 is 15.8 Å². The second-order valence-corrected chi connectivity index (χ2v) is 10.9. The van der Waals surface area contributed by atoms with E-state index in [0.29, 0.717) is 0 Å². The number of allylic oxidation sites excluding steroid dienone is 1. The number of rotatable bonds is 1. The minimum atomic E-state index is 0.174.